The molecule has 18 heavy (non-hydrogen) atoms. The number of rotatable bonds is 6. The predicted molar refractivity (Wildman–Crippen MR) is 79.7 cm³/mol. The lowest BCUT2D eigenvalue weighted by Gasteiger charge is -2.07. The fourth-order valence-corrected chi connectivity index (χ4v) is 2.08. The van der Waals surface area contributed by atoms with Gasteiger partial charge in [0.15, 0.2) is 0 Å². The van der Waals surface area contributed by atoms with Gasteiger partial charge in [0.05, 0.1) is 6.54 Å². The van der Waals surface area contributed by atoms with Gasteiger partial charge in [0, 0.05) is 10.6 Å². The molecule has 3 nitrogen and oxygen atoms in total. The molecule has 1 aromatic rings. The van der Waals surface area contributed by atoms with Crippen LogP contribution in [0, 0.1) is 5.92 Å². The number of hydrogen-bond acceptors (Lipinski definition) is 3. The van der Waals surface area contributed by atoms with Gasteiger partial charge in [-0.2, -0.15) is 0 Å². The summed E-state index contributed by atoms with van der Waals surface area (Å²) in [4.78, 5) is 12.8. The summed E-state index contributed by atoms with van der Waals surface area (Å²) in [6, 6.07) is 7.90. The molecule has 2 rings (SSSR count). The van der Waals surface area contributed by atoms with Crippen LogP contribution in [0.5, 0.6) is 0 Å². The number of anilines is 1. The Morgan fingerprint density at radius 2 is 2.22 bits per heavy atom. The van der Waals surface area contributed by atoms with Crippen LogP contribution < -0.4 is 10.6 Å². The van der Waals surface area contributed by atoms with Crippen molar-refractivity contribution in [3.8, 4) is 0 Å². The first-order valence-electron chi connectivity index (χ1n) is 5.92. The summed E-state index contributed by atoms with van der Waals surface area (Å²) in [6.45, 7) is 1.37. The molecule has 0 heterocycles. The highest BCUT2D eigenvalue weighted by atomic mass is 35.5. The molecule has 0 aromatic heterocycles. The molecule has 0 spiro atoms. The van der Waals surface area contributed by atoms with Crippen molar-refractivity contribution in [2.75, 3.05) is 24.7 Å². The second-order valence-corrected chi connectivity index (χ2v) is 5.23. The maximum absolute atomic E-state index is 11.6. The standard InChI is InChI=1S/C13H18N2OS.ClH/c1-17-12-4-2-3-11(7-12)15-13(16)9-14-8-10-5-6-10;/h2-4,7,10,14H,5-6,8-9H2,1H3,(H,15,16);1H. The van der Waals surface area contributed by atoms with Gasteiger partial charge >= 0.3 is 0 Å². The van der Waals surface area contributed by atoms with E-state index in [0.29, 0.717) is 6.54 Å². The van der Waals surface area contributed by atoms with Gasteiger partial charge in [-0.15, -0.1) is 24.2 Å². The third-order valence-electron chi connectivity index (χ3n) is 2.77. The summed E-state index contributed by atoms with van der Waals surface area (Å²) < 4.78 is 0. The quantitative estimate of drug-likeness (QED) is 0.790. The highest BCUT2D eigenvalue weighted by molar-refractivity contribution is 7.98. The lowest BCUT2D eigenvalue weighted by atomic mass is 10.3. The van der Waals surface area contributed by atoms with E-state index in [1.807, 2.05) is 30.5 Å². The first-order valence-corrected chi connectivity index (χ1v) is 7.15. The average Bonchev–Trinajstić information content (AvgIpc) is 3.13. The Balaban J connectivity index is 0.00000162. The summed E-state index contributed by atoms with van der Waals surface area (Å²) in [5, 5.41) is 6.07. The zero-order valence-corrected chi connectivity index (χ0v) is 12.1. The molecule has 1 aromatic carbocycles. The average molecular weight is 287 g/mol. The van der Waals surface area contributed by atoms with Crippen LogP contribution in [0.25, 0.3) is 0 Å². The Morgan fingerprint density at radius 1 is 1.44 bits per heavy atom. The topological polar surface area (TPSA) is 41.1 Å². The largest absolute Gasteiger partial charge is 0.325 e. The number of nitrogens with one attached hydrogen (secondary N) is 2. The normalized spacial score (nSPS) is 13.8. The zero-order valence-electron chi connectivity index (χ0n) is 10.4. The molecule has 1 fully saturated rings. The van der Waals surface area contributed by atoms with E-state index in [2.05, 4.69) is 10.6 Å². The molecule has 0 bridgehead atoms. The minimum Gasteiger partial charge on any atom is -0.325 e. The van der Waals surface area contributed by atoms with Crippen LogP contribution in [0.3, 0.4) is 0 Å². The minimum absolute atomic E-state index is 0. The van der Waals surface area contributed by atoms with Crippen LogP contribution in [0.2, 0.25) is 0 Å². The van der Waals surface area contributed by atoms with Crippen LogP contribution in [0.4, 0.5) is 5.69 Å². The second kappa shape index (κ2) is 7.67. The molecule has 1 aliphatic carbocycles. The number of thioether (sulfide) groups is 1. The van der Waals surface area contributed by atoms with Crippen LogP contribution >= 0.6 is 24.2 Å². The van der Waals surface area contributed by atoms with Gasteiger partial charge in [0.25, 0.3) is 0 Å². The van der Waals surface area contributed by atoms with Crippen molar-refractivity contribution in [3.63, 3.8) is 0 Å². The van der Waals surface area contributed by atoms with E-state index in [1.54, 1.807) is 11.8 Å². The van der Waals surface area contributed by atoms with Crippen LogP contribution in [-0.2, 0) is 4.79 Å². The minimum atomic E-state index is 0. The summed E-state index contributed by atoms with van der Waals surface area (Å²) in [5.41, 5.74) is 0.870. The second-order valence-electron chi connectivity index (χ2n) is 4.35. The Bertz CT molecular complexity index is 396. The van der Waals surface area contributed by atoms with E-state index < -0.39 is 0 Å². The Kier molecular flexibility index (Phi) is 6.54. The van der Waals surface area contributed by atoms with Crippen LogP contribution in [-0.4, -0.2) is 25.3 Å². The number of amides is 1. The van der Waals surface area contributed by atoms with E-state index in [9.17, 15) is 4.79 Å². The van der Waals surface area contributed by atoms with Crippen molar-refractivity contribution < 1.29 is 4.79 Å². The van der Waals surface area contributed by atoms with Crippen LogP contribution in [0.1, 0.15) is 12.8 Å². The van der Waals surface area contributed by atoms with E-state index in [0.717, 1.165) is 23.0 Å². The van der Waals surface area contributed by atoms with E-state index in [4.69, 9.17) is 0 Å². The van der Waals surface area contributed by atoms with Crippen molar-refractivity contribution in [1.29, 1.82) is 0 Å². The van der Waals surface area contributed by atoms with Crippen molar-refractivity contribution in [1.82, 2.24) is 5.32 Å². The monoisotopic (exact) mass is 286 g/mol. The molecule has 0 aliphatic heterocycles. The van der Waals surface area contributed by atoms with E-state index in [-0.39, 0.29) is 18.3 Å². The Labute approximate surface area is 119 Å². The van der Waals surface area contributed by atoms with Gasteiger partial charge in [-0.1, -0.05) is 6.07 Å². The molecular formula is C13H19ClN2OS. The lowest BCUT2D eigenvalue weighted by Crippen LogP contribution is -2.29. The number of halogens is 1. The van der Waals surface area contributed by atoms with Crippen molar-refractivity contribution in [3.05, 3.63) is 24.3 Å². The third kappa shape index (κ3) is 5.29. The molecular weight excluding hydrogens is 268 g/mol. The molecule has 1 amide bonds. The molecule has 1 aliphatic rings. The molecule has 5 heteroatoms. The van der Waals surface area contributed by atoms with Gasteiger partial charge in [0.2, 0.25) is 5.91 Å². The Morgan fingerprint density at radius 3 is 2.89 bits per heavy atom. The van der Waals surface area contributed by atoms with Crippen molar-refractivity contribution in [2.24, 2.45) is 5.92 Å². The number of benzene rings is 1. The molecule has 2 N–H and O–H groups in total. The van der Waals surface area contributed by atoms with Crippen molar-refractivity contribution in [2.45, 2.75) is 17.7 Å². The number of hydrogen-bond donors (Lipinski definition) is 2. The summed E-state index contributed by atoms with van der Waals surface area (Å²) >= 11 is 1.67. The van der Waals surface area contributed by atoms with Gasteiger partial charge in [-0.05, 0) is 49.8 Å². The molecule has 0 radical (unpaired) electrons. The molecule has 1 saturated carbocycles. The third-order valence-corrected chi connectivity index (χ3v) is 3.49. The molecule has 100 valence electrons. The molecule has 0 saturated heterocycles. The van der Waals surface area contributed by atoms with Gasteiger partial charge in [-0.3, -0.25) is 4.79 Å². The van der Waals surface area contributed by atoms with Gasteiger partial charge in [-0.25, -0.2) is 0 Å². The summed E-state index contributed by atoms with van der Waals surface area (Å²) in [6.07, 6.45) is 4.65. The number of carbonyl (C=O) groups excluding carboxylic acids is 1. The van der Waals surface area contributed by atoms with Gasteiger partial charge < -0.3 is 10.6 Å². The van der Waals surface area contributed by atoms with Crippen LogP contribution in [0.15, 0.2) is 29.2 Å². The number of carbonyl (C=O) groups is 1. The smallest absolute Gasteiger partial charge is 0.238 e. The summed E-state index contributed by atoms with van der Waals surface area (Å²) in [7, 11) is 0. The SMILES string of the molecule is CSc1cccc(NC(=O)CNCC2CC2)c1.Cl. The van der Waals surface area contributed by atoms with Gasteiger partial charge in [0.1, 0.15) is 0 Å². The van der Waals surface area contributed by atoms with E-state index >= 15 is 0 Å². The zero-order chi connectivity index (χ0) is 12.1. The lowest BCUT2D eigenvalue weighted by molar-refractivity contribution is -0.115. The molecule has 0 unspecified atom stereocenters. The highest BCUT2D eigenvalue weighted by Crippen LogP contribution is 2.27. The summed E-state index contributed by atoms with van der Waals surface area (Å²) in [5.74, 6) is 0.839. The first-order chi connectivity index (χ1) is 8.28. The Hall–Kier alpha value is -0.710. The fraction of sp³-hybridized carbons (Fsp3) is 0.462. The maximum Gasteiger partial charge on any atom is 0.238 e. The predicted octanol–water partition coefficient (Wildman–Crippen LogP) is 2.77. The first kappa shape index (κ1) is 15.3. The fourth-order valence-electron chi connectivity index (χ4n) is 1.62. The maximum atomic E-state index is 11.6. The van der Waals surface area contributed by atoms with Crippen molar-refractivity contribution >= 4 is 35.8 Å². The highest BCUT2D eigenvalue weighted by Gasteiger charge is 2.20. The molecule has 0 atom stereocenters. The van der Waals surface area contributed by atoms with E-state index in [1.165, 1.54) is 12.8 Å².